The van der Waals surface area contributed by atoms with Gasteiger partial charge in [-0.25, -0.2) is 9.63 Å². The summed E-state index contributed by atoms with van der Waals surface area (Å²) in [4.78, 5) is 25.9. The van der Waals surface area contributed by atoms with E-state index in [0.29, 0.717) is 18.9 Å². The Bertz CT molecular complexity index is 285. The van der Waals surface area contributed by atoms with E-state index in [1.165, 1.54) is 0 Å². The van der Waals surface area contributed by atoms with Crippen LogP contribution in [0.15, 0.2) is 0 Å². The number of hydrogen-bond acceptors (Lipinski definition) is 4. The second-order valence-electron chi connectivity index (χ2n) is 5.04. The molecule has 112 valence electrons. The highest BCUT2D eigenvalue weighted by Crippen LogP contribution is 2.06. The molecule has 0 fully saturated rings. The van der Waals surface area contributed by atoms with Crippen LogP contribution in [0.4, 0.5) is 0 Å². The fourth-order valence-corrected chi connectivity index (χ4v) is 1.68. The van der Waals surface area contributed by atoms with Crippen LogP contribution in [-0.2, 0) is 14.3 Å². The zero-order valence-corrected chi connectivity index (χ0v) is 12.9. The monoisotopic (exact) mass is 292 g/mol. The zero-order chi connectivity index (χ0) is 14.8. The van der Waals surface area contributed by atoms with Crippen molar-refractivity contribution in [2.75, 3.05) is 6.61 Å². The van der Waals surface area contributed by atoms with Crippen LogP contribution in [0.1, 0.15) is 47.0 Å². The Morgan fingerprint density at radius 2 is 1.89 bits per heavy atom. The fraction of sp³-hybridized carbons (Fsp3) is 0.846. The van der Waals surface area contributed by atoms with Crippen molar-refractivity contribution in [3.63, 3.8) is 0 Å². The number of amides is 1. The molecule has 1 amide bonds. The smallest absolute Gasteiger partial charge is 0.328 e. The Kier molecular flexibility index (Phi) is 9.61. The lowest BCUT2D eigenvalue weighted by Crippen LogP contribution is -2.48. The number of ether oxygens (including phenoxy) is 1. The van der Waals surface area contributed by atoms with E-state index < -0.39 is 18.1 Å². The lowest BCUT2D eigenvalue weighted by Gasteiger charge is -2.19. The van der Waals surface area contributed by atoms with Gasteiger partial charge in [-0.3, -0.25) is 4.79 Å². The molecule has 6 heteroatoms. The van der Waals surface area contributed by atoms with Gasteiger partial charge in [-0.2, -0.15) is 0 Å². The number of esters is 1. The molecule has 19 heavy (non-hydrogen) atoms. The van der Waals surface area contributed by atoms with Crippen LogP contribution in [0.25, 0.3) is 0 Å². The van der Waals surface area contributed by atoms with Crippen molar-refractivity contribution in [2.45, 2.75) is 59.0 Å². The highest BCUT2D eigenvalue weighted by Gasteiger charge is 2.23. The third kappa shape index (κ3) is 8.06. The van der Waals surface area contributed by atoms with Gasteiger partial charge in [0.15, 0.2) is 0 Å². The Hall–Kier alpha value is -0.810. The maximum atomic E-state index is 11.9. The number of rotatable bonds is 9. The maximum Gasteiger partial charge on any atom is 0.328 e. The van der Waals surface area contributed by atoms with E-state index in [9.17, 15) is 9.59 Å². The molecule has 0 aromatic heterocycles. The normalized spacial score (nSPS) is 14.0. The minimum atomic E-state index is -0.663. The summed E-state index contributed by atoms with van der Waals surface area (Å²) in [5, 5.41) is 2.60. The van der Waals surface area contributed by atoms with Crippen LogP contribution < -0.4 is 10.2 Å². The topological polar surface area (TPSA) is 67.4 Å². The van der Waals surface area contributed by atoms with Gasteiger partial charge in [0.05, 0.1) is 6.61 Å². The summed E-state index contributed by atoms with van der Waals surface area (Å²) in [5.41, 5.74) is 0. The van der Waals surface area contributed by atoms with E-state index in [1.54, 1.807) is 6.92 Å². The molecule has 0 saturated heterocycles. The molecule has 0 unspecified atom stereocenters. The third-order valence-corrected chi connectivity index (χ3v) is 2.87. The molecule has 0 aromatic rings. The summed E-state index contributed by atoms with van der Waals surface area (Å²) < 4.78 is 5.03. The van der Waals surface area contributed by atoms with Crippen LogP contribution in [0.2, 0.25) is 0 Å². The molecule has 5 nitrogen and oxygen atoms in total. The highest BCUT2D eigenvalue weighted by molar-refractivity contribution is 6.15. The van der Waals surface area contributed by atoms with Crippen molar-refractivity contribution in [2.24, 2.45) is 5.92 Å². The lowest BCUT2D eigenvalue weighted by atomic mass is 10.0. The first-order valence-corrected chi connectivity index (χ1v) is 7.13. The summed E-state index contributed by atoms with van der Waals surface area (Å²) >= 11 is 5.54. The Labute approximate surface area is 120 Å². The molecule has 0 bridgehead atoms. The van der Waals surface area contributed by atoms with Crippen molar-refractivity contribution in [3.8, 4) is 0 Å². The minimum absolute atomic E-state index is 0.288. The van der Waals surface area contributed by atoms with Crippen molar-refractivity contribution < 1.29 is 14.3 Å². The molecule has 0 spiro atoms. The molecule has 0 aliphatic carbocycles. The Balaban J connectivity index is 4.18. The number of carbonyl (C=O) groups excluding carboxylic acids is 2. The van der Waals surface area contributed by atoms with E-state index >= 15 is 0 Å². The SMILES string of the molecule is CCCCOC(=O)[C@H](C)NC(=O)[C@H](CC(C)C)NCl. The fourth-order valence-electron chi connectivity index (χ4n) is 1.49. The van der Waals surface area contributed by atoms with Crippen molar-refractivity contribution >= 4 is 23.7 Å². The van der Waals surface area contributed by atoms with Crippen LogP contribution in [0.3, 0.4) is 0 Å². The predicted octanol–water partition coefficient (Wildman–Crippen LogP) is 1.99. The second kappa shape index (κ2) is 10.0. The van der Waals surface area contributed by atoms with E-state index in [-0.39, 0.29) is 5.91 Å². The number of halogens is 1. The number of unbranched alkanes of at least 4 members (excludes halogenated alkanes) is 1. The quantitative estimate of drug-likeness (QED) is 0.387. The van der Waals surface area contributed by atoms with Gasteiger partial charge in [0.25, 0.3) is 0 Å². The van der Waals surface area contributed by atoms with Gasteiger partial charge in [-0.1, -0.05) is 27.2 Å². The van der Waals surface area contributed by atoms with Crippen molar-refractivity contribution in [1.82, 2.24) is 10.2 Å². The highest BCUT2D eigenvalue weighted by atomic mass is 35.5. The van der Waals surface area contributed by atoms with E-state index in [1.807, 2.05) is 20.8 Å². The van der Waals surface area contributed by atoms with E-state index in [4.69, 9.17) is 16.5 Å². The average Bonchev–Trinajstić information content (AvgIpc) is 2.35. The number of hydrogen-bond donors (Lipinski definition) is 2. The molecule has 0 heterocycles. The summed E-state index contributed by atoms with van der Waals surface area (Å²) in [7, 11) is 0. The molecule has 0 aliphatic rings. The van der Waals surface area contributed by atoms with Crippen molar-refractivity contribution in [3.05, 3.63) is 0 Å². The summed E-state index contributed by atoms with van der Waals surface area (Å²) in [6.07, 6.45) is 2.39. The molecular formula is C13H25ClN2O3. The van der Waals surface area contributed by atoms with Gasteiger partial charge in [0.2, 0.25) is 5.91 Å². The minimum Gasteiger partial charge on any atom is -0.464 e. The van der Waals surface area contributed by atoms with Crippen LogP contribution in [-0.4, -0.2) is 30.6 Å². The summed E-state index contributed by atoms with van der Waals surface area (Å²) in [6, 6.07) is -1.17. The summed E-state index contributed by atoms with van der Waals surface area (Å²) in [6.45, 7) is 8.00. The molecule has 0 aromatic carbocycles. The zero-order valence-electron chi connectivity index (χ0n) is 12.2. The van der Waals surface area contributed by atoms with Gasteiger partial charge in [-0.05, 0) is 37.5 Å². The third-order valence-electron chi connectivity index (χ3n) is 2.61. The lowest BCUT2D eigenvalue weighted by molar-refractivity contribution is -0.147. The first-order valence-electron chi connectivity index (χ1n) is 6.75. The average molecular weight is 293 g/mol. The second-order valence-corrected chi connectivity index (χ2v) is 5.26. The van der Waals surface area contributed by atoms with Crippen LogP contribution in [0, 0.1) is 5.92 Å². The van der Waals surface area contributed by atoms with Gasteiger partial charge in [-0.15, -0.1) is 0 Å². The molecule has 0 aliphatic heterocycles. The number of carbonyl (C=O) groups is 2. The van der Waals surface area contributed by atoms with Crippen molar-refractivity contribution in [1.29, 1.82) is 0 Å². The predicted molar refractivity (Wildman–Crippen MR) is 75.7 cm³/mol. The summed E-state index contributed by atoms with van der Waals surface area (Å²) in [5.74, 6) is -0.378. The van der Waals surface area contributed by atoms with Crippen LogP contribution >= 0.6 is 11.8 Å². The van der Waals surface area contributed by atoms with Gasteiger partial charge >= 0.3 is 5.97 Å². The van der Waals surface area contributed by atoms with Gasteiger partial charge in [0, 0.05) is 0 Å². The molecule has 0 radical (unpaired) electrons. The maximum absolute atomic E-state index is 11.9. The molecule has 0 rings (SSSR count). The standard InChI is InChI=1S/C13H25ClN2O3/c1-5-6-7-19-13(18)10(4)15-12(17)11(16-14)8-9(2)3/h9-11,16H,5-8H2,1-4H3,(H,15,17)/t10-,11-/m0/s1. The Morgan fingerprint density at radius 3 is 2.37 bits per heavy atom. The van der Waals surface area contributed by atoms with E-state index in [2.05, 4.69) is 10.2 Å². The first kappa shape index (κ1) is 18.2. The molecule has 0 saturated carbocycles. The molecule has 2 N–H and O–H groups in total. The largest absolute Gasteiger partial charge is 0.464 e. The van der Waals surface area contributed by atoms with Crippen LogP contribution in [0.5, 0.6) is 0 Å². The number of nitrogens with one attached hydrogen (secondary N) is 2. The van der Waals surface area contributed by atoms with E-state index in [0.717, 1.165) is 12.8 Å². The molecular weight excluding hydrogens is 268 g/mol. The van der Waals surface area contributed by atoms with Gasteiger partial charge in [0.1, 0.15) is 12.1 Å². The molecule has 2 atom stereocenters. The Morgan fingerprint density at radius 1 is 1.26 bits per heavy atom. The van der Waals surface area contributed by atoms with Gasteiger partial charge < -0.3 is 10.1 Å². The first-order chi connectivity index (χ1) is 8.92.